The molecule has 0 aromatic heterocycles. The Labute approximate surface area is 138 Å². The molecule has 0 fully saturated rings. The van der Waals surface area contributed by atoms with E-state index in [4.69, 9.17) is 0 Å². The number of hydrogen-bond acceptors (Lipinski definition) is 4. The normalized spacial score (nSPS) is 13.2. The first-order chi connectivity index (χ1) is 10.5. The predicted octanol–water partition coefficient (Wildman–Crippen LogP) is 0.483. The van der Waals surface area contributed by atoms with Crippen LogP contribution < -0.4 is 5.32 Å². The van der Waals surface area contributed by atoms with Crippen LogP contribution in [0, 0.1) is 23.2 Å². The van der Waals surface area contributed by atoms with E-state index in [0.717, 1.165) is 0 Å². The summed E-state index contributed by atoms with van der Waals surface area (Å²) in [6.07, 6.45) is 0.409. The van der Waals surface area contributed by atoms with Crippen LogP contribution in [0.3, 0.4) is 0 Å². The molecule has 130 valence electrons. The van der Waals surface area contributed by atoms with Crippen molar-refractivity contribution in [3.8, 4) is 11.8 Å². The number of rotatable bonds is 7. The monoisotopic (exact) mass is 325 g/mol. The summed E-state index contributed by atoms with van der Waals surface area (Å²) >= 11 is 0. The van der Waals surface area contributed by atoms with Crippen molar-refractivity contribution in [3.63, 3.8) is 0 Å². The Bertz CT molecular complexity index is 486. The van der Waals surface area contributed by atoms with Gasteiger partial charge in [-0.05, 0) is 12.3 Å². The topological polar surface area (TPSA) is 90.0 Å². The average molecular weight is 325 g/mol. The number of carbonyl (C=O) groups is 3. The van der Waals surface area contributed by atoms with Gasteiger partial charge in [-0.25, -0.2) is 5.06 Å². The summed E-state index contributed by atoms with van der Waals surface area (Å²) < 4.78 is 0. The zero-order valence-electron chi connectivity index (χ0n) is 14.7. The highest BCUT2D eigenvalue weighted by Crippen LogP contribution is 2.21. The van der Waals surface area contributed by atoms with Gasteiger partial charge in [0, 0.05) is 20.5 Å². The Kier molecular flexibility index (Phi) is 8.33. The highest BCUT2D eigenvalue weighted by molar-refractivity contribution is 5.89. The van der Waals surface area contributed by atoms with Gasteiger partial charge in [0.05, 0.1) is 12.5 Å². The third-order valence-corrected chi connectivity index (χ3v) is 3.27. The average Bonchev–Trinajstić information content (AvgIpc) is 2.46. The van der Waals surface area contributed by atoms with Crippen molar-refractivity contribution in [2.75, 3.05) is 20.6 Å². The number of hydrogen-bond donors (Lipinski definition) is 2. The van der Waals surface area contributed by atoms with Crippen LogP contribution in [0.25, 0.3) is 0 Å². The Morgan fingerprint density at radius 2 is 1.87 bits per heavy atom. The van der Waals surface area contributed by atoms with Crippen molar-refractivity contribution in [3.05, 3.63) is 0 Å². The molecule has 7 heteroatoms. The zero-order valence-corrected chi connectivity index (χ0v) is 14.7. The van der Waals surface area contributed by atoms with Gasteiger partial charge in [-0.15, -0.1) is 11.8 Å². The van der Waals surface area contributed by atoms with Gasteiger partial charge in [-0.1, -0.05) is 20.8 Å². The SMILES string of the molecule is CC#CC[C@H](CN(O)C=O)C(=O)N[C@H](C(=O)N(C)C)C(C)(C)C. The van der Waals surface area contributed by atoms with Crippen molar-refractivity contribution < 1.29 is 19.6 Å². The first kappa shape index (κ1) is 20.9. The summed E-state index contributed by atoms with van der Waals surface area (Å²) in [4.78, 5) is 36.8. The molecule has 0 saturated carbocycles. The van der Waals surface area contributed by atoms with E-state index in [1.54, 1.807) is 21.0 Å². The molecule has 7 nitrogen and oxygen atoms in total. The van der Waals surface area contributed by atoms with Crippen molar-refractivity contribution in [2.45, 2.75) is 40.2 Å². The summed E-state index contributed by atoms with van der Waals surface area (Å²) in [5, 5.41) is 12.5. The van der Waals surface area contributed by atoms with E-state index in [1.807, 2.05) is 20.8 Å². The maximum absolute atomic E-state index is 12.5. The largest absolute Gasteiger partial charge is 0.347 e. The van der Waals surface area contributed by atoms with E-state index in [0.29, 0.717) is 5.06 Å². The van der Waals surface area contributed by atoms with E-state index in [-0.39, 0.29) is 25.3 Å². The Morgan fingerprint density at radius 3 is 2.26 bits per heavy atom. The zero-order chi connectivity index (χ0) is 18.2. The first-order valence-corrected chi connectivity index (χ1v) is 7.36. The van der Waals surface area contributed by atoms with Crippen molar-refractivity contribution in [1.29, 1.82) is 0 Å². The lowest BCUT2D eigenvalue weighted by atomic mass is 9.85. The molecular formula is C16H27N3O4. The van der Waals surface area contributed by atoms with Crippen LogP contribution >= 0.6 is 0 Å². The van der Waals surface area contributed by atoms with Crippen LogP contribution in [-0.2, 0) is 14.4 Å². The molecule has 0 rings (SSSR count). The second kappa shape index (κ2) is 9.16. The van der Waals surface area contributed by atoms with Crippen LogP contribution in [-0.4, -0.2) is 60.1 Å². The van der Waals surface area contributed by atoms with Gasteiger partial charge in [-0.2, -0.15) is 0 Å². The maximum Gasteiger partial charge on any atom is 0.245 e. The summed E-state index contributed by atoms with van der Waals surface area (Å²) in [5.74, 6) is 4.07. The molecule has 0 aliphatic carbocycles. The molecule has 0 spiro atoms. The van der Waals surface area contributed by atoms with Crippen LogP contribution in [0.5, 0.6) is 0 Å². The fraction of sp³-hybridized carbons (Fsp3) is 0.688. The number of nitrogens with zero attached hydrogens (tertiary/aromatic N) is 2. The van der Waals surface area contributed by atoms with E-state index in [2.05, 4.69) is 17.2 Å². The molecule has 3 amide bonds. The molecule has 0 saturated heterocycles. The molecule has 0 unspecified atom stereocenters. The van der Waals surface area contributed by atoms with E-state index in [9.17, 15) is 19.6 Å². The van der Waals surface area contributed by atoms with Gasteiger partial charge in [0.1, 0.15) is 6.04 Å². The van der Waals surface area contributed by atoms with Crippen LogP contribution in [0.4, 0.5) is 0 Å². The summed E-state index contributed by atoms with van der Waals surface area (Å²) in [5.41, 5.74) is -0.485. The second-order valence-corrected chi connectivity index (χ2v) is 6.60. The highest BCUT2D eigenvalue weighted by Gasteiger charge is 2.35. The van der Waals surface area contributed by atoms with Gasteiger partial charge in [0.25, 0.3) is 0 Å². The lowest BCUT2D eigenvalue weighted by Crippen LogP contribution is -2.55. The number of carbonyl (C=O) groups excluding carboxylic acids is 3. The smallest absolute Gasteiger partial charge is 0.245 e. The summed E-state index contributed by atoms with van der Waals surface area (Å²) in [6, 6.07) is -0.717. The second-order valence-electron chi connectivity index (χ2n) is 6.60. The predicted molar refractivity (Wildman–Crippen MR) is 86.2 cm³/mol. The van der Waals surface area contributed by atoms with Gasteiger partial charge < -0.3 is 10.2 Å². The van der Waals surface area contributed by atoms with E-state index in [1.165, 1.54) is 4.90 Å². The van der Waals surface area contributed by atoms with Gasteiger partial charge >= 0.3 is 0 Å². The van der Waals surface area contributed by atoms with Gasteiger partial charge in [0.15, 0.2) is 0 Å². The van der Waals surface area contributed by atoms with Crippen LogP contribution in [0.2, 0.25) is 0 Å². The summed E-state index contributed by atoms with van der Waals surface area (Å²) in [6.45, 7) is 7.01. The first-order valence-electron chi connectivity index (χ1n) is 7.36. The van der Waals surface area contributed by atoms with Crippen molar-refractivity contribution in [2.24, 2.45) is 11.3 Å². The molecule has 2 N–H and O–H groups in total. The van der Waals surface area contributed by atoms with Gasteiger partial charge in [-0.3, -0.25) is 19.6 Å². The molecule has 0 aromatic carbocycles. The molecule has 2 atom stereocenters. The van der Waals surface area contributed by atoms with Crippen LogP contribution in [0.15, 0.2) is 0 Å². The third-order valence-electron chi connectivity index (χ3n) is 3.27. The van der Waals surface area contributed by atoms with Crippen molar-refractivity contribution in [1.82, 2.24) is 15.3 Å². The molecule has 0 aliphatic rings. The Morgan fingerprint density at radius 1 is 1.30 bits per heavy atom. The fourth-order valence-corrected chi connectivity index (χ4v) is 1.90. The Balaban J connectivity index is 5.25. The number of nitrogens with one attached hydrogen (secondary N) is 1. The minimum absolute atomic E-state index is 0.181. The molecule has 0 heterocycles. The minimum Gasteiger partial charge on any atom is -0.347 e. The number of amides is 3. The molecule has 23 heavy (non-hydrogen) atoms. The molecule has 0 bridgehead atoms. The number of hydroxylamine groups is 2. The lowest BCUT2D eigenvalue weighted by Gasteiger charge is -2.33. The highest BCUT2D eigenvalue weighted by atomic mass is 16.5. The molecule has 0 radical (unpaired) electrons. The maximum atomic E-state index is 12.5. The minimum atomic E-state index is -0.725. The van der Waals surface area contributed by atoms with Gasteiger partial charge in [0.2, 0.25) is 18.2 Å². The Hall–Kier alpha value is -2.07. The summed E-state index contributed by atoms with van der Waals surface area (Å²) in [7, 11) is 3.24. The quantitative estimate of drug-likeness (QED) is 0.308. The molecule has 0 aliphatic heterocycles. The van der Waals surface area contributed by atoms with E-state index >= 15 is 0 Å². The standard InChI is InChI=1S/C16H27N3O4/c1-7-8-9-12(10-19(23)11-20)14(21)17-13(16(2,3)4)15(22)18(5)6/h11-13,23H,9-10H2,1-6H3,(H,17,21)/t12-,13-/m1/s1. The fourth-order valence-electron chi connectivity index (χ4n) is 1.90. The van der Waals surface area contributed by atoms with Crippen molar-refractivity contribution >= 4 is 18.2 Å². The third kappa shape index (κ3) is 7.15. The molecule has 0 aromatic rings. The number of likely N-dealkylation sites (N-methyl/N-ethyl adjacent to an activating group) is 1. The lowest BCUT2D eigenvalue weighted by molar-refractivity contribution is -0.155. The molecular weight excluding hydrogens is 298 g/mol. The van der Waals surface area contributed by atoms with Crippen LogP contribution in [0.1, 0.15) is 34.1 Å². The van der Waals surface area contributed by atoms with E-state index < -0.39 is 23.3 Å².